The summed E-state index contributed by atoms with van der Waals surface area (Å²) in [5, 5.41) is 2.50. The van der Waals surface area contributed by atoms with Crippen LogP contribution in [0.4, 0.5) is 0 Å². The van der Waals surface area contributed by atoms with Crippen molar-refractivity contribution in [1.29, 1.82) is 0 Å². The number of ether oxygens (including phenoxy) is 2. The number of hydrogen-bond donors (Lipinski definition) is 1. The molecule has 1 aromatic rings. The summed E-state index contributed by atoms with van der Waals surface area (Å²) in [4.78, 5) is 26.7. The van der Waals surface area contributed by atoms with Gasteiger partial charge in [-0.1, -0.05) is 6.07 Å². The zero-order valence-corrected chi connectivity index (χ0v) is 14.4. The highest BCUT2D eigenvalue weighted by molar-refractivity contribution is 5.85. The van der Waals surface area contributed by atoms with Crippen LogP contribution in [0, 0.1) is 0 Å². The van der Waals surface area contributed by atoms with Gasteiger partial charge in [0.1, 0.15) is 0 Å². The fraction of sp³-hybridized carbons (Fsp3) is 0.500. The Morgan fingerprint density at radius 1 is 1.09 bits per heavy atom. The molecule has 0 aliphatic heterocycles. The molecule has 0 bridgehead atoms. The molecule has 0 aliphatic carbocycles. The van der Waals surface area contributed by atoms with Gasteiger partial charge >= 0.3 is 0 Å². The van der Waals surface area contributed by atoms with Crippen LogP contribution in [0.5, 0.6) is 11.5 Å². The van der Waals surface area contributed by atoms with E-state index in [1.165, 1.54) is 4.90 Å². The van der Waals surface area contributed by atoms with Gasteiger partial charge in [0.2, 0.25) is 11.8 Å². The van der Waals surface area contributed by atoms with Gasteiger partial charge in [0.05, 0.1) is 27.3 Å². The van der Waals surface area contributed by atoms with E-state index in [4.69, 9.17) is 9.47 Å². The van der Waals surface area contributed by atoms with Gasteiger partial charge in [-0.05, 0) is 24.7 Å². The molecule has 0 spiro atoms. The number of carbonyl (C=O) groups excluding carboxylic acids is 2. The topological polar surface area (TPSA) is 71.1 Å². The molecule has 7 nitrogen and oxygen atoms in total. The number of likely N-dealkylation sites (N-methyl/N-ethyl adjacent to an activating group) is 3. The molecule has 23 heavy (non-hydrogen) atoms. The molecule has 0 heterocycles. The number of nitrogens with zero attached hydrogens (tertiary/aromatic N) is 2. The third kappa shape index (κ3) is 5.78. The van der Waals surface area contributed by atoms with Crippen LogP contribution in [0.25, 0.3) is 0 Å². The van der Waals surface area contributed by atoms with Crippen LogP contribution in [0.2, 0.25) is 0 Å². The van der Waals surface area contributed by atoms with Crippen LogP contribution < -0.4 is 14.8 Å². The molecule has 1 rings (SSSR count). The van der Waals surface area contributed by atoms with Crippen LogP contribution in [-0.4, -0.2) is 70.1 Å². The zero-order valence-electron chi connectivity index (χ0n) is 14.4. The van der Waals surface area contributed by atoms with Crippen LogP contribution in [0.3, 0.4) is 0 Å². The van der Waals surface area contributed by atoms with Gasteiger partial charge < -0.3 is 19.7 Å². The maximum Gasteiger partial charge on any atom is 0.239 e. The van der Waals surface area contributed by atoms with Crippen LogP contribution in [0.15, 0.2) is 18.2 Å². The monoisotopic (exact) mass is 323 g/mol. The molecular weight excluding hydrogens is 298 g/mol. The lowest BCUT2D eigenvalue weighted by Gasteiger charge is -2.21. The first kappa shape index (κ1) is 18.8. The SMILES string of the molecule is CNC(=O)CN(C)C(=O)CN(C)Cc1ccc(OC)c(OC)c1. The highest BCUT2D eigenvalue weighted by Gasteiger charge is 2.15. The average molecular weight is 323 g/mol. The molecule has 0 saturated heterocycles. The van der Waals surface area contributed by atoms with E-state index >= 15 is 0 Å². The molecule has 1 N–H and O–H groups in total. The summed E-state index contributed by atoms with van der Waals surface area (Å²) in [6, 6.07) is 5.65. The summed E-state index contributed by atoms with van der Waals surface area (Å²) in [6.45, 7) is 0.862. The van der Waals surface area contributed by atoms with Crippen molar-refractivity contribution in [3.63, 3.8) is 0 Å². The van der Waals surface area contributed by atoms with E-state index in [2.05, 4.69) is 5.32 Å². The lowest BCUT2D eigenvalue weighted by Crippen LogP contribution is -2.41. The van der Waals surface area contributed by atoms with Gasteiger partial charge in [-0.2, -0.15) is 0 Å². The summed E-state index contributed by atoms with van der Waals surface area (Å²) >= 11 is 0. The van der Waals surface area contributed by atoms with Crippen molar-refractivity contribution in [3.8, 4) is 11.5 Å². The molecular formula is C16H25N3O4. The molecule has 0 fully saturated rings. The van der Waals surface area contributed by atoms with E-state index in [1.54, 1.807) is 28.3 Å². The second-order valence-corrected chi connectivity index (χ2v) is 5.28. The number of hydrogen-bond acceptors (Lipinski definition) is 5. The number of benzene rings is 1. The molecule has 0 aromatic heterocycles. The summed E-state index contributed by atoms with van der Waals surface area (Å²) in [7, 11) is 8.18. The van der Waals surface area contributed by atoms with Gasteiger partial charge in [-0.3, -0.25) is 14.5 Å². The lowest BCUT2D eigenvalue weighted by molar-refractivity contribution is -0.135. The normalized spacial score (nSPS) is 10.3. The van der Waals surface area contributed by atoms with Gasteiger partial charge in [0.15, 0.2) is 11.5 Å². The quantitative estimate of drug-likeness (QED) is 0.747. The van der Waals surface area contributed by atoms with Crippen LogP contribution in [-0.2, 0) is 16.1 Å². The van der Waals surface area contributed by atoms with E-state index in [9.17, 15) is 9.59 Å². The Kier molecular flexibility index (Phi) is 7.34. The van der Waals surface area contributed by atoms with Crippen molar-refractivity contribution >= 4 is 11.8 Å². The van der Waals surface area contributed by atoms with Crippen molar-refractivity contribution in [3.05, 3.63) is 23.8 Å². The molecule has 128 valence electrons. The van der Waals surface area contributed by atoms with E-state index in [0.29, 0.717) is 18.0 Å². The largest absolute Gasteiger partial charge is 0.493 e. The van der Waals surface area contributed by atoms with Gasteiger partial charge in [0, 0.05) is 20.6 Å². The van der Waals surface area contributed by atoms with E-state index in [-0.39, 0.29) is 24.9 Å². The third-order valence-electron chi connectivity index (χ3n) is 3.39. The van der Waals surface area contributed by atoms with E-state index in [1.807, 2.05) is 30.1 Å². The second kappa shape index (κ2) is 8.99. The Hall–Kier alpha value is -2.28. The van der Waals surface area contributed by atoms with Crippen molar-refractivity contribution in [2.75, 3.05) is 48.5 Å². The summed E-state index contributed by atoms with van der Waals surface area (Å²) in [5.74, 6) is 1.02. The number of carbonyl (C=O) groups is 2. The molecule has 0 saturated carbocycles. The van der Waals surface area contributed by atoms with Crippen LogP contribution >= 0.6 is 0 Å². The first-order valence-electron chi connectivity index (χ1n) is 7.25. The van der Waals surface area contributed by atoms with Crippen molar-refractivity contribution in [2.24, 2.45) is 0 Å². The van der Waals surface area contributed by atoms with Crippen molar-refractivity contribution < 1.29 is 19.1 Å². The summed E-state index contributed by atoms with van der Waals surface area (Å²) in [6.07, 6.45) is 0. The molecule has 0 aliphatic rings. The van der Waals surface area contributed by atoms with Gasteiger partial charge in [-0.25, -0.2) is 0 Å². The molecule has 0 radical (unpaired) electrons. The predicted octanol–water partition coefficient (Wildman–Crippen LogP) is 0.340. The van der Waals surface area contributed by atoms with E-state index in [0.717, 1.165) is 5.56 Å². The number of rotatable bonds is 8. The Morgan fingerprint density at radius 3 is 2.30 bits per heavy atom. The molecule has 7 heteroatoms. The van der Waals surface area contributed by atoms with E-state index < -0.39 is 0 Å². The van der Waals surface area contributed by atoms with Crippen molar-refractivity contribution in [2.45, 2.75) is 6.54 Å². The highest BCUT2D eigenvalue weighted by atomic mass is 16.5. The Balaban J connectivity index is 2.60. The number of methoxy groups -OCH3 is 2. The Morgan fingerprint density at radius 2 is 1.74 bits per heavy atom. The lowest BCUT2D eigenvalue weighted by atomic mass is 10.2. The molecule has 2 amide bonds. The highest BCUT2D eigenvalue weighted by Crippen LogP contribution is 2.27. The average Bonchev–Trinajstić information content (AvgIpc) is 2.54. The Labute approximate surface area is 137 Å². The smallest absolute Gasteiger partial charge is 0.239 e. The fourth-order valence-electron chi connectivity index (χ4n) is 2.08. The van der Waals surface area contributed by atoms with Crippen molar-refractivity contribution in [1.82, 2.24) is 15.1 Å². The zero-order chi connectivity index (χ0) is 17.4. The maximum atomic E-state index is 12.1. The third-order valence-corrected chi connectivity index (χ3v) is 3.39. The van der Waals surface area contributed by atoms with Gasteiger partial charge in [-0.15, -0.1) is 0 Å². The first-order chi connectivity index (χ1) is 10.9. The number of nitrogens with one attached hydrogen (secondary N) is 1. The minimum absolute atomic E-state index is 0.0551. The fourth-order valence-corrected chi connectivity index (χ4v) is 2.08. The Bertz CT molecular complexity index is 548. The first-order valence-corrected chi connectivity index (χ1v) is 7.25. The standard InChI is InChI=1S/C16H25N3O4/c1-17-15(20)10-19(3)16(21)11-18(2)9-12-6-7-13(22-4)14(8-12)23-5/h6-8H,9-11H2,1-5H3,(H,17,20). The molecule has 0 atom stereocenters. The minimum atomic E-state index is -0.191. The predicted molar refractivity (Wildman–Crippen MR) is 87.6 cm³/mol. The maximum absolute atomic E-state index is 12.1. The minimum Gasteiger partial charge on any atom is -0.493 e. The van der Waals surface area contributed by atoms with Gasteiger partial charge in [0.25, 0.3) is 0 Å². The van der Waals surface area contributed by atoms with Crippen LogP contribution in [0.1, 0.15) is 5.56 Å². The number of amides is 2. The summed E-state index contributed by atoms with van der Waals surface area (Å²) in [5.41, 5.74) is 1.01. The summed E-state index contributed by atoms with van der Waals surface area (Å²) < 4.78 is 10.5. The molecule has 1 aromatic carbocycles. The molecule has 0 unspecified atom stereocenters. The second-order valence-electron chi connectivity index (χ2n) is 5.28.